The monoisotopic (exact) mass is 513 g/mol. The van der Waals surface area contributed by atoms with E-state index in [0.29, 0.717) is 45.7 Å². The van der Waals surface area contributed by atoms with Gasteiger partial charge < -0.3 is 19.9 Å². The fourth-order valence-corrected chi connectivity index (χ4v) is 4.70. The predicted octanol–water partition coefficient (Wildman–Crippen LogP) is 5.07. The number of hydrogen-bond acceptors (Lipinski definition) is 9. The third-order valence-electron chi connectivity index (χ3n) is 6.46. The van der Waals surface area contributed by atoms with Gasteiger partial charge in [0, 0.05) is 18.0 Å². The summed E-state index contributed by atoms with van der Waals surface area (Å²) in [4.78, 5) is 26.7. The second-order valence-electron chi connectivity index (χ2n) is 9.76. The lowest BCUT2D eigenvalue weighted by atomic mass is 9.80. The van der Waals surface area contributed by atoms with Gasteiger partial charge in [0.1, 0.15) is 11.0 Å². The number of ether oxygens (including phenoxy) is 2. The molecular formula is C28H39N3O6. The van der Waals surface area contributed by atoms with Gasteiger partial charge in [-0.25, -0.2) is 14.2 Å². The van der Waals surface area contributed by atoms with Crippen molar-refractivity contribution in [3.63, 3.8) is 0 Å². The number of nitrogens with one attached hydrogen (secondary N) is 1. The molecular weight excluding hydrogens is 474 g/mol. The van der Waals surface area contributed by atoms with Crippen LogP contribution in [0.3, 0.4) is 0 Å². The number of benzene rings is 1. The minimum Gasteiger partial charge on any atom is -0.462 e. The molecule has 0 aliphatic carbocycles. The second-order valence-corrected chi connectivity index (χ2v) is 9.76. The van der Waals surface area contributed by atoms with Crippen LogP contribution in [0.1, 0.15) is 90.5 Å². The molecule has 2 aromatic rings. The molecule has 0 amide bonds. The van der Waals surface area contributed by atoms with E-state index in [4.69, 9.17) is 19.2 Å². The number of nitrogens with zero attached hydrogens (tertiary/aromatic N) is 2. The summed E-state index contributed by atoms with van der Waals surface area (Å²) in [5, 5.41) is 20.0. The average Bonchev–Trinajstić information content (AvgIpc) is 3.33. The third kappa shape index (κ3) is 7.41. The standard InChI is InChI=1S/C28H39N3O6/c1-18(2)36-28(34)24-20(4)29-19(3)23(25(24)21-14-13-15-22-26(21)31-37-30-22)27(33)35-17-12-10-8-6-5-7-9-11-16-32/h13-15,18,25,29,32H,5-12,16-17H2,1-4H3/t25-/m1/s1. The van der Waals surface area contributed by atoms with Crippen LogP contribution in [0.4, 0.5) is 0 Å². The van der Waals surface area contributed by atoms with Gasteiger partial charge in [0.2, 0.25) is 0 Å². The number of fused-ring (bicyclic) bond motifs is 1. The van der Waals surface area contributed by atoms with Crippen molar-refractivity contribution in [3.8, 4) is 0 Å². The van der Waals surface area contributed by atoms with E-state index >= 15 is 0 Å². The molecule has 0 spiro atoms. The van der Waals surface area contributed by atoms with Crippen molar-refractivity contribution < 1.29 is 28.8 Å². The summed E-state index contributed by atoms with van der Waals surface area (Å²) in [6.45, 7) is 7.73. The van der Waals surface area contributed by atoms with Crippen LogP contribution in [-0.4, -0.2) is 46.7 Å². The van der Waals surface area contributed by atoms with E-state index in [1.54, 1.807) is 39.8 Å². The first-order valence-corrected chi connectivity index (χ1v) is 13.2. The van der Waals surface area contributed by atoms with Crippen LogP contribution in [0.15, 0.2) is 45.4 Å². The molecule has 0 saturated carbocycles. The molecule has 0 saturated heterocycles. The first-order chi connectivity index (χ1) is 17.8. The Bertz CT molecular complexity index is 1130. The minimum absolute atomic E-state index is 0.262. The van der Waals surface area contributed by atoms with E-state index in [1.165, 1.54) is 0 Å². The molecule has 1 aromatic carbocycles. The highest BCUT2D eigenvalue weighted by molar-refractivity contribution is 6.01. The van der Waals surface area contributed by atoms with E-state index in [-0.39, 0.29) is 12.7 Å². The molecule has 0 unspecified atom stereocenters. The highest BCUT2D eigenvalue weighted by Crippen LogP contribution is 2.41. The van der Waals surface area contributed by atoms with Crippen LogP contribution >= 0.6 is 0 Å². The average molecular weight is 514 g/mol. The lowest BCUT2D eigenvalue weighted by Crippen LogP contribution is -2.33. The van der Waals surface area contributed by atoms with Gasteiger partial charge in [-0.05, 0) is 62.5 Å². The number of esters is 2. The van der Waals surface area contributed by atoms with E-state index in [1.807, 2.05) is 6.07 Å². The summed E-state index contributed by atoms with van der Waals surface area (Å²) in [5.74, 6) is -1.72. The summed E-state index contributed by atoms with van der Waals surface area (Å²) in [5.41, 5.74) is 3.55. The fourth-order valence-electron chi connectivity index (χ4n) is 4.70. The van der Waals surface area contributed by atoms with E-state index < -0.39 is 17.9 Å². The first kappa shape index (κ1) is 28.4. The molecule has 37 heavy (non-hydrogen) atoms. The van der Waals surface area contributed by atoms with Crippen molar-refractivity contribution in [3.05, 3.63) is 46.3 Å². The number of aliphatic hydroxyl groups excluding tert-OH is 1. The van der Waals surface area contributed by atoms with Crippen molar-refractivity contribution in [2.75, 3.05) is 13.2 Å². The molecule has 1 atom stereocenters. The summed E-state index contributed by atoms with van der Waals surface area (Å²) in [6, 6.07) is 5.38. The normalized spacial score (nSPS) is 15.9. The largest absolute Gasteiger partial charge is 0.462 e. The van der Waals surface area contributed by atoms with E-state index in [9.17, 15) is 9.59 Å². The van der Waals surface area contributed by atoms with Crippen LogP contribution in [0.25, 0.3) is 11.0 Å². The number of carbonyl (C=O) groups excluding carboxylic acids is 2. The highest BCUT2D eigenvalue weighted by atomic mass is 16.6. The number of carbonyl (C=O) groups is 2. The number of dihydropyridines is 1. The highest BCUT2D eigenvalue weighted by Gasteiger charge is 2.39. The van der Waals surface area contributed by atoms with Crippen molar-refractivity contribution >= 4 is 23.0 Å². The number of aliphatic hydroxyl groups is 1. The SMILES string of the molecule is CC1=C(C(=O)OCCCCCCCCCCO)[C@@H](c2cccc3nonc23)C(C(=O)OC(C)C)=C(C)N1. The lowest BCUT2D eigenvalue weighted by molar-refractivity contribution is -0.143. The predicted molar refractivity (Wildman–Crippen MR) is 139 cm³/mol. The van der Waals surface area contributed by atoms with Gasteiger partial charge in [-0.1, -0.05) is 50.7 Å². The topological polar surface area (TPSA) is 124 Å². The zero-order valence-electron chi connectivity index (χ0n) is 22.3. The Kier molecular flexibility index (Phi) is 10.7. The first-order valence-electron chi connectivity index (χ1n) is 13.2. The molecule has 9 nitrogen and oxygen atoms in total. The Hall–Kier alpha value is -3.20. The van der Waals surface area contributed by atoms with Gasteiger partial charge >= 0.3 is 11.9 Å². The van der Waals surface area contributed by atoms with Crippen molar-refractivity contribution in [2.45, 2.75) is 91.1 Å². The number of hydrogen-bond donors (Lipinski definition) is 2. The number of allylic oxidation sites excluding steroid dienone is 2. The Labute approximate surface area is 218 Å². The molecule has 1 aliphatic rings. The van der Waals surface area contributed by atoms with E-state index in [0.717, 1.165) is 51.4 Å². The van der Waals surface area contributed by atoms with E-state index in [2.05, 4.69) is 15.6 Å². The maximum absolute atomic E-state index is 13.4. The quantitative estimate of drug-likeness (QED) is 0.263. The molecule has 2 N–H and O–H groups in total. The van der Waals surface area contributed by atoms with Gasteiger partial charge in [0.05, 0.1) is 29.8 Å². The zero-order chi connectivity index (χ0) is 26.8. The van der Waals surface area contributed by atoms with Crippen LogP contribution in [-0.2, 0) is 19.1 Å². The van der Waals surface area contributed by atoms with Gasteiger partial charge in [0.15, 0.2) is 0 Å². The maximum atomic E-state index is 13.4. The van der Waals surface area contributed by atoms with Crippen molar-refractivity contribution in [1.82, 2.24) is 15.6 Å². The Morgan fingerprint density at radius 2 is 1.57 bits per heavy atom. The third-order valence-corrected chi connectivity index (χ3v) is 6.46. The van der Waals surface area contributed by atoms with Crippen LogP contribution in [0.5, 0.6) is 0 Å². The molecule has 0 bridgehead atoms. The lowest BCUT2D eigenvalue weighted by Gasteiger charge is -2.30. The molecule has 1 aliphatic heterocycles. The number of unbranched alkanes of at least 4 members (excludes halogenated alkanes) is 7. The molecule has 1 aromatic heterocycles. The summed E-state index contributed by atoms with van der Waals surface area (Å²) in [7, 11) is 0. The van der Waals surface area contributed by atoms with Gasteiger partial charge in [0.25, 0.3) is 0 Å². The fraction of sp³-hybridized carbons (Fsp3) is 0.571. The molecule has 2 heterocycles. The zero-order valence-corrected chi connectivity index (χ0v) is 22.3. The molecule has 9 heteroatoms. The molecule has 0 fully saturated rings. The Morgan fingerprint density at radius 3 is 2.22 bits per heavy atom. The Balaban J connectivity index is 1.75. The second kappa shape index (κ2) is 13.9. The Morgan fingerprint density at radius 1 is 0.946 bits per heavy atom. The van der Waals surface area contributed by atoms with Gasteiger partial charge in [-0.3, -0.25) is 0 Å². The van der Waals surface area contributed by atoms with Gasteiger partial charge in [-0.2, -0.15) is 0 Å². The molecule has 3 rings (SSSR count). The number of aromatic nitrogens is 2. The van der Waals surface area contributed by atoms with Crippen LogP contribution in [0.2, 0.25) is 0 Å². The smallest absolute Gasteiger partial charge is 0.337 e. The summed E-state index contributed by atoms with van der Waals surface area (Å²) >= 11 is 0. The van der Waals surface area contributed by atoms with Crippen LogP contribution < -0.4 is 5.32 Å². The van der Waals surface area contributed by atoms with Crippen molar-refractivity contribution in [1.29, 1.82) is 0 Å². The summed E-state index contributed by atoms with van der Waals surface area (Å²) in [6.07, 6.45) is 7.87. The minimum atomic E-state index is -0.741. The van der Waals surface area contributed by atoms with Crippen molar-refractivity contribution in [2.24, 2.45) is 0 Å². The maximum Gasteiger partial charge on any atom is 0.337 e. The molecule has 0 radical (unpaired) electrons. The summed E-state index contributed by atoms with van der Waals surface area (Å²) < 4.78 is 16.2. The molecule has 202 valence electrons. The van der Waals surface area contributed by atoms with Crippen LogP contribution in [0, 0.1) is 0 Å². The van der Waals surface area contributed by atoms with Gasteiger partial charge in [-0.15, -0.1) is 0 Å². The number of rotatable bonds is 14.